The van der Waals surface area contributed by atoms with Crippen LogP contribution < -0.4 is 15.4 Å². The number of thiocarbonyl (C=S) groups is 1. The zero-order valence-corrected chi connectivity index (χ0v) is 20.5. The van der Waals surface area contributed by atoms with Gasteiger partial charge in [0.2, 0.25) is 10.0 Å². The summed E-state index contributed by atoms with van der Waals surface area (Å²) in [6.45, 7) is 3.83. The molecule has 0 unspecified atom stereocenters. The molecule has 2 N–H and O–H groups in total. The van der Waals surface area contributed by atoms with Crippen molar-refractivity contribution in [1.82, 2.24) is 9.62 Å². The number of benzene rings is 2. The van der Waals surface area contributed by atoms with Crippen LogP contribution in [0, 0.1) is 0 Å². The largest absolute Gasteiger partial charge is 0.493 e. The number of carbonyl (C=O) groups excluding carboxylic acids is 1. The van der Waals surface area contributed by atoms with Crippen LogP contribution in [0.25, 0.3) is 0 Å². The van der Waals surface area contributed by atoms with Crippen molar-refractivity contribution in [2.75, 3.05) is 25.0 Å². The SMILES string of the molecule is CCCCCCOc1ccccc1C(=O)NC(=S)Nc1ccc(S(=O)(=O)N2CCCC2)cc1. The van der Waals surface area contributed by atoms with Crippen LogP contribution in [-0.4, -0.2) is 43.4 Å². The summed E-state index contributed by atoms with van der Waals surface area (Å²) in [4.78, 5) is 13.0. The summed E-state index contributed by atoms with van der Waals surface area (Å²) in [7, 11) is -3.47. The van der Waals surface area contributed by atoms with Crippen molar-refractivity contribution < 1.29 is 17.9 Å². The highest BCUT2D eigenvalue weighted by Gasteiger charge is 2.26. The Kier molecular flexibility index (Phi) is 9.22. The van der Waals surface area contributed by atoms with Gasteiger partial charge in [0.25, 0.3) is 5.91 Å². The second-order valence-electron chi connectivity index (χ2n) is 7.95. The fraction of sp³-hybridized carbons (Fsp3) is 0.417. The van der Waals surface area contributed by atoms with Crippen molar-refractivity contribution in [3.63, 3.8) is 0 Å². The number of sulfonamides is 1. The average Bonchev–Trinajstić information content (AvgIpc) is 3.35. The first kappa shape index (κ1) is 25.1. The van der Waals surface area contributed by atoms with Gasteiger partial charge in [-0.25, -0.2) is 8.42 Å². The van der Waals surface area contributed by atoms with E-state index >= 15 is 0 Å². The van der Waals surface area contributed by atoms with Crippen LogP contribution in [0.15, 0.2) is 53.4 Å². The van der Waals surface area contributed by atoms with Crippen LogP contribution >= 0.6 is 12.2 Å². The zero-order chi connectivity index (χ0) is 23.7. The number of nitrogens with one attached hydrogen (secondary N) is 2. The number of amides is 1. The monoisotopic (exact) mass is 489 g/mol. The summed E-state index contributed by atoms with van der Waals surface area (Å²) in [5, 5.41) is 5.71. The first-order valence-electron chi connectivity index (χ1n) is 11.4. The fourth-order valence-corrected chi connectivity index (χ4v) is 5.34. The minimum absolute atomic E-state index is 0.118. The molecule has 2 aromatic carbocycles. The summed E-state index contributed by atoms with van der Waals surface area (Å²) >= 11 is 5.27. The summed E-state index contributed by atoms with van der Waals surface area (Å²) in [5.41, 5.74) is 0.991. The molecule has 1 amide bonds. The highest BCUT2D eigenvalue weighted by atomic mass is 32.2. The number of anilines is 1. The maximum absolute atomic E-state index is 12.7. The van der Waals surface area contributed by atoms with E-state index in [4.69, 9.17) is 17.0 Å². The second-order valence-corrected chi connectivity index (χ2v) is 10.3. The van der Waals surface area contributed by atoms with Gasteiger partial charge in [0, 0.05) is 18.8 Å². The predicted octanol–water partition coefficient (Wildman–Crippen LogP) is 4.56. The molecule has 0 bridgehead atoms. The number of para-hydroxylation sites is 1. The van der Waals surface area contributed by atoms with E-state index in [0.717, 1.165) is 38.5 Å². The first-order chi connectivity index (χ1) is 15.9. The molecule has 1 saturated heterocycles. The van der Waals surface area contributed by atoms with Gasteiger partial charge in [-0.05, 0) is 67.9 Å². The van der Waals surface area contributed by atoms with E-state index in [1.165, 1.54) is 4.31 Å². The maximum Gasteiger partial charge on any atom is 0.261 e. The molecule has 178 valence electrons. The molecule has 3 rings (SSSR count). The molecule has 33 heavy (non-hydrogen) atoms. The Bertz CT molecular complexity index is 1050. The predicted molar refractivity (Wildman–Crippen MR) is 134 cm³/mol. The number of rotatable bonds is 10. The number of carbonyl (C=O) groups is 1. The summed E-state index contributed by atoms with van der Waals surface area (Å²) in [6, 6.07) is 13.4. The van der Waals surface area contributed by atoms with Crippen molar-refractivity contribution in [1.29, 1.82) is 0 Å². The first-order valence-corrected chi connectivity index (χ1v) is 13.2. The Labute approximate surface area is 201 Å². The number of ether oxygens (including phenoxy) is 1. The second kappa shape index (κ2) is 12.1. The molecule has 0 aliphatic carbocycles. The van der Waals surface area contributed by atoms with Crippen molar-refractivity contribution in [2.24, 2.45) is 0 Å². The Morgan fingerprint density at radius 3 is 2.42 bits per heavy atom. The molecule has 0 spiro atoms. The maximum atomic E-state index is 12.7. The number of nitrogens with zero attached hydrogens (tertiary/aromatic N) is 1. The van der Waals surface area contributed by atoms with Gasteiger partial charge in [-0.3, -0.25) is 10.1 Å². The number of unbranched alkanes of at least 4 members (excludes halogenated alkanes) is 3. The van der Waals surface area contributed by atoms with Crippen molar-refractivity contribution in [3.05, 3.63) is 54.1 Å². The van der Waals surface area contributed by atoms with Crippen LogP contribution in [0.5, 0.6) is 5.75 Å². The minimum Gasteiger partial charge on any atom is -0.493 e. The van der Waals surface area contributed by atoms with E-state index < -0.39 is 10.0 Å². The van der Waals surface area contributed by atoms with Gasteiger partial charge in [0.15, 0.2) is 5.11 Å². The van der Waals surface area contributed by atoms with E-state index in [2.05, 4.69) is 17.6 Å². The normalized spacial score (nSPS) is 14.1. The molecular formula is C24H31N3O4S2. The van der Waals surface area contributed by atoms with Gasteiger partial charge < -0.3 is 10.1 Å². The Morgan fingerprint density at radius 1 is 1.03 bits per heavy atom. The molecular weight excluding hydrogens is 458 g/mol. The molecule has 0 saturated carbocycles. The number of hydrogen-bond donors (Lipinski definition) is 2. The Morgan fingerprint density at radius 2 is 1.73 bits per heavy atom. The molecule has 1 aliphatic heterocycles. The van der Waals surface area contributed by atoms with E-state index in [0.29, 0.717) is 36.7 Å². The van der Waals surface area contributed by atoms with Gasteiger partial charge >= 0.3 is 0 Å². The molecule has 0 atom stereocenters. The standard InChI is InChI=1S/C24H31N3O4S2/c1-2-3-4-9-18-31-22-11-6-5-10-21(22)23(28)26-24(32)25-19-12-14-20(15-13-19)33(29,30)27-16-7-8-17-27/h5-6,10-15H,2-4,7-9,16-18H2,1H3,(H2,25,26,28,32). The molecule has 2 aromatic rings. The molecule has 1 aliphatic rings. The molecule has 7 nitrogen and oxygen atoms in total. The third-order valence-electron chi connectivity index (χ3n) is 5.43. The quantitative estimate of drug-likeness (QED) is 0.376. The smallest absolute Gasteiger partial charge is 0.261 e. The van der Waals surface area contributed by atoms with Crippen LogP contribution in [0.1, 0.15) is 55.8 Å². The highest BCUT2D eigenvalue weighted by molar-refractivity contribution is 7.89. The lowest BCUT2D eigenvalue weighted by molar-refractivity contribution is 0.0973. The van der Waals surface area contributed by atoms with Gasteiger partial charge in [0.05, 0.1) is 17.1 Å². The van der Waals surface area contributed by atoms with Crippen molar-refractivity contribution in [2.45, 2.75) is 50.3 Å². The van der Waals surface area contributed by atoms with Gasteiger partial charge in [-0.2, -0.15) is 4.31 Å². The molecule has 1 heterocycles. The van der Waals surface area contributed by atoms with E-state index in [1.807, 2.05) is 6.07 Å². The topological polar surface area (TPSA) is 87.7 Å². The van der Waals surface area contributed by atoms with Gasteiger partial charge in [0.1, 0.15) is 5.75 Å². The molecule has 1 fully saturated rings. The molecule has 0 radical (unpaired) electrons. The fourth-order valence-electron chi connectivity index (χ4n) is 3.61. The van der Waals surface area contributed by atoms with E-state index in [-0.39, 0.29) is 15.9 Å². The van der Waals surface area contributed by atoms with Crippen LogP contribution in [-0.2, 0) is 10.0 Å². The molecule has 9 heteroatoms. The van der Waals surface area contributed by atoms with E-state index in [9.17, 15) is 13.2 Å². The van der Waals surface area contributed by atoms with Gasteiger partial charge in [-0.1, -0.05) is 38.3 Å². The lowest BCUT2D eigenvalue weighted by atomic mass is 10.2. The average molecular weight is 490 g/mol. The third-order valence-corrected chi connectivity index (χ3v) is 7.55. The summed E-state index contributed by atoms with van der Waals surface area (Å²) < 4.78 is 32.6. The zero-order valence-electron chi connectivity index (χ0n) is 18.9. The highest BCUT2D eigenvalue weighted by Crippen LogP contribution is 2.22. The number of hydrogen-bond acceptors (Lipinski definition) is 5. The van der Waals surface area contributed by atoms with Crippen LogP contribution in [0.4, 0.5) is 5.69 Å². The van der Waals surface area contributed by atoms with Crippen LogP contribution in [0.2, 0.25) is 0 Å². The van der Waals surface area contributed by atoms with Crippen molar-refractivity contribution >= 4 is 38.9 Å². The lowest BCUT2D eigenvalue weighted by Gasteiger charge is -2.16. The Balaban J connectivity index is 1.56. The van der Waals surface area contributed by atoms with Gasteiger partial charge in [-0.15, -0.1) is 0 Å². The minimum atomic E-state index is -3.47. The van der Waals surface area contributed by atoms with Crippen molar-refractivity contribution in [3.8, 4) is 5.75 Å². The third kappa shape index (κ3) is 6.99. The Hall–Kier alpha value is -2.49. The van der Waals surface area contributed by atoms with Crippen LogP contribution in [0.3, 0.4) is 0 Å². The lowest BCUT2D eigenvalue weighted by Crippen LogP contribution is -2.34. The molecule has 0 aromatic heterocycles. The summed E-state index contributed by atoms with van der Waals surface area (Å²) in [6.07, 6.45) is 6.13. The summed E-state index contributed by atoms with van der Waals surface area (Å²) in [5.74, 6) is 0.149. The van der Waals surface area contributed by atoms with E-state index in [1.54, 1.807) is 42.5 Å².